The third-order valence-electron chi connectivity index (χ3n) is 3.75. The Balaban J connectivity index is 2.06. The van der Waals surface area contributed by atoms with Crippen molar-refractivity contribution < 1.29 is 22.7 Å². The van der Waals surface area contributed by atoms with E-state index in [0.717, 1.165) is 0 Å². The molecule has 0 saturated carbocycles. The van der Waals surface area contributed by atoms with Crippen LogP contribution in [-0.4, -0.2) is 27.4 Å². The number of carbonyl (C=O) groups is 2. The van der Waals surface area contributed by atoms with Crippen molar-refractivity contribution >= 4 is 27.6 Å². The van der Waals surface area contributed by atoms with Crippen molar-refractivity contribution in [3.63, 3.8) is 0 Å². The highest BCUT2D eigenvalue weighted by Gasteiger charge is 2.15. The molecule has 0 saturated heterocycles. The largest absolute Gasteiger partial charge is 0.465 e. The fourth-order valence-electron chi connectivity index (χ4n) is 2.29. The third-order valence-corrected chi connectivity index (χ3v) is 4.68. The molecule has 0 spiro atoms. The number of hydrogen-bond donors (Lipinski definition) is 3. The minimum absolute atomic E-state index is 0.0156. The Morgan fingerprint density at radius 2 is 1.83 bits per heavy atom. The number of rotatable bonds is 7. The highest BCUT2D eigenvalue weighted by molar-refractivity contribution is 7.89. The molecule has 0 radical (unpaired) electrons. The molecule has 2 rings (SSSR count). The lowest BCUT2D eigenvalue weighted by molar-refractivity contribution is -0.112. The maximum absolute atomic E-state index is 12.3. The molecular weight excluding hydrogens is 396 g/mol. The van der Waals surface area contributed by atoms with Crippen molar-refractivity contribution in [3.8, 4) is 6.07 Å². The lowest BCUT2D eigenvalue weighted by Crippen LogP contribution is -2.18. The molecule has 0 bridgehead atoms. The predicted octanol–water partition coefficient (Wildman–Crippen LogP) is 1.26. The van der Waals surface area contributed by atoms with Crippen molar-refractivity contribution in [1.29, 1.82) is 5.26 Å². The Morgan fingerprint density at radius 3 is 2.41 bits per heavy atom. The molecule has 0 heterocycles. The van der Waals surface area contributed by atoms with Crippen LogP contribution in [0.15, 0.2) is 65.2 Å². The number of sulfonamides is 1. The van der Waals surface area contributed by atoms with Gasteiger partial charge in [-0.15, -0.1) is 0 Å². The van der Waals surface area contributed by atoms with Crippen LogP contribution in [0.3, 0.4) is 0 Å². The molecule has 4 N–H and O–H groups in total. The van der Waals surface area contributed by atoms with Gasteiger partial charge in [-0.3, -0.25) is 4.79 Å². The zero-order chi connectivity index (χ0) is 21.4. The number of hydrogen-bond acceptors (Lipinski definition) is 7. The van der Waals surface area contributed by atoms with Gasteiger partial charge in [0.15, 0.2) is 0 Å². The molecule has 0 fully saturated rings. The van der Waals surface area contributed by atoms with Crippen LogP contribution in [0.25, 0.3) is 0 Å². The summed E-state index contributed by atoms with van der Waals surface area (Å²) in [4.78, 5) is 24.1. The maximum Gasteiger partial charge on any atom is 0.339 e. The number of nitrogens with one attached hydrogen (secondary N) is 2. The quantitative estimate of drug-likeness (QED) is 0.350. The number of benzene rings is 2. The van der Waals surface area contributed by atoms with Crippen LogP contribution in [0, 0.1) is 11.3 Å². The topological polar surface area (TPSA) is 151 Å². The normalized spacial score (nSPS) is 11.3. The highest BCUT2D eigenvalue weighted by atomic mass is 32.2. The number of nitrogens with two attached hydrogens (primary N) is 1. The minimum Gasteiger partial charge on any atom is -0.465 e. The second-order valence-corrected chi connectivity index (χ2v) is 7.29. The van der Waals surface area contributed by atoms with Gasteiger partial charge < -0.3 is 15.4 Å². The molecule has 9 nitrogen and oxygen atoms in total. The van der Waals surface area contributed by atoms with Gasteiger partial charge in [0.2, 0.25) is 10.0 Å². The zero-order valence-corrected chi connectivity index (χ0v) is 16.2. The third kappa shape index (κ3) is 5.90. The molecule has 0 aromatic heterocycles. The van der Waals surface area contributed by atoms with E-state index in [1.165, 1.54) is 37.6 Å². The molecule has 0 atom stereocenters. The average molecular weight is 414 g/mol. The SMILES string of the molecule is COC(=O)c1ccccc1NC(=O)/C(C#N)=C\NCc1ccc(S(N)(=O)=O)cc1. The van der Waals surface area contributed by atoms with E-state index in [2.05, 4.69) is 15.4 Å². The van der Waals surface area contributed by atoms with Crippen LogP contribution >= 0.6 is 0 Å². The van der Waals surface area contributed by atoms with Crippen molar-refractivity contribution in [2.24, 2.45) is 5.14 Å². The summed E-state index contributed by atoms with van der Waals surface area (Å²) in [6.07, 6.45) is 1.23. The van der Waals surface area contributed by atoms with E-state index in [9.17, 15) is 23.3 Å². The molecule has 0 unspecified atom stereocenters. The summed E-state index contributed by atoms with van der Waals surface area (Å²) in [7, 11) is -2.55. The standard InChI is InChI=1S/C19H18N4O5S/c1-28-19(25)16-4-2-3-5-17(16)23-18(24)14(10-20)12-22-11-13-6-8-15(9-7-13)29(21,26)27/h2-9,12,22H,11H2,1H3,(H,23,24)(H2,21,26,27)/b14-12-. The van der Waals surface area contributed by atoms with E-state index in [0.29, 0.717) is 5.56 Å². The number of carbonyl (C=O) groups excluding carboxylic acids is 2. The second kappa shape index (κ2) is 9.50. The number of esters is 1. The van der Waals surface area contributed by atoms with Gasteiger partial charge in [-0.1, -0.05) is 24.3 Å². The van der Waals surface area contributed by atoms with Crippen molar-refractivity contribution in [3.05, 3.63) is 71.4 Å². The van der Waals surface area contributed by atoms with Crippen molar-refractivity contribution in [2.45, 2.75) is 11.4 Å². The molecule has 150 valence electrons. The Labute approximate surface area is 167 Å². The number of nitrogens with zero attached hydrogens (tertiary/aromatic N) is 1. The summed E-state index contributed by atoms with van der Waals surface area (Å²) < 4.78 is 27.1. The lowest BCUT2D eigenvalue weighted by Gasteiger charge is -2.09. The van der Waals surface area contributed by atoms with Crippen LogP contribution in [0.1, 0.15) is 15.9 Å². The first kappa shape index (κ1) is 21.6. The molecule has 0 aliphatic rings. The van der Waals surface area contributed by atoms with Crippen LogP contribution in [0.2, 0.25) is 0 Å². The molecule has 1 amide bonds. The van der Waals surface area contributed by atoms with E-state index in [1.807, 2.05) is 0 Å². The van der Waals surface area contributed by atoms with Gasteiger partial charge >= 0.3 is 5.97 Å². The highest BCUT2D eigenvalue weighted by Crippen LogP contribution is 2.17. The van der Waals surface area contributed by atoms with E-state index in [4.69, 9.17) is 5.14 Å². The van der Waals surface area contributed by atoms with Crippen LogP contribution in [-0.2, 0) is 26.1 Å². The number of ether oxygens (including phenoxy) is 1. The van der Waals surface area contributed by atoms with E-state index < -0.39 is 21.9 Å². The molecule has 0 aliphatic heterocycles. The summed E-state index contributed by atoms with van der Waals surface area (Å²) in [6.45, 7) is 0.238. The van der Waals surface area contributed by atoms with Gasteiger partial charge in [0.1, 0.15) is 11.6 Å². The average Bonchev–Trinajstić information content (AvgIpc) is 2.70. The minimum atomic E-state index is -3.77. The zero-order valence-electron chi connectivity index (χ0n) is 15.4. The summed E-state index contributed by atoms with van der Waals surface area (Å²) in [5.74, 6) is -1.33. The van der Waals surface area contributed by atoms with Crippen LogP contribution < -0.4 is 15.8 Å². The first-order valence-corrected chi connectivity index (χ1v) is 9.75. The van der Waals surface area contributed by atoms with Crippen molar-refractivity contribution in [2.75, 3.05) is 12.4 Å². The number of methoxy groups -OCH3 is 1. The summed E-state index contributed by atoms with van der Waals surface area (Å²) >= 11 is 0. The Kier molecular flexibility index (Phi) is 7.08. The molecule has 0 aliphatic carbocycles. The first-order valence-electron chi connectivity index (χ1n) is 8.20. The van der Waals surface area contributed by atoms with Crippen LogP contribution in [0.4, 0.5) is 5.69 Å². The molecular formula is C19H18N4O5S. The van der Waals surface area contributed by atoms with Gasteiger partial charge in [0.25, 0.3) is 5.91 Å². The monoisotopic (exact) mass is 414 g/mol. The molecule has 29 heavy (non-hydrogen) atoms. The Hall–Kier alpha value is -3.68. The Bertz CT molecular complexity index is 1090. The number of amides is 1. The van der Waals surface area contributed by atoms with Gasteiger partial charge in [-0.05, 0) is 29.8 Å². The Morgan fingerprint density at radius 1 is 1.17 bits per heavy atom. The van der Waals surface area contributed by atoms with Gasteiger partial charge in [0.05, 0.1) is 23.3 Å². The maximum atomic E-state index is 12.3. The summed E-state index contributed by atoms with van der Waals surface area (Å²) in [6, 6.07) is 13.8. The van der Waals surface area contributed by atoms with Gasteiger partial charge in [-0.25, -0.2) is 18.4 Å². The molecule has 2 aromatic rings. The summed E-state index contributed by atoms with van der Waals surface area (Å²) in [5.41, 5.74) is 0.862. The fraction of sp³-hybridized carbons (Fsp3) is 0.105. The molecule has 10 heteroatoms. The molecule has 2 aromatic carbocycles. The fourth-order valence-corrected chi connectivity index (χ4v) is 2.80. The van der Waals surface area contributed by atoms with Crippen LogP contribution in [0.5, 0.6) is 0 Å². The first-order chi connectivity index (χ1) is 13.8. The number of anilines is 1. The van der Waals surface area contributed by atoms with E-state index in [-0.39, 0.29) is 28.3 Å². The number of para-hydroxylation sites is 1. The van der Waals surface area contributed by atoms with Crippen molar-refractivity contribution in [1.82, 2.24) is 5.32 Å². The number of primary sulfonamides is 1. The summed E-state index contributed by atoms with van der Waals surface area (Å²) in [5, 5.41) is 19.6. The van der Waals surface area contributed by atoms with E-state index >= 15 is 0 Å². The number of nitriles is 1. The van der Waals surface area contributed by atoms with Gasteiger partial charge in [0, 0.05) is 12.7 Å². The van der Waals surface area contributed by atoms with Gasteiger partial charge in [-0.2, -0.15) is 5.26 Å². The lowest BCUT2D eigenvalue weighted by atomic mass is 10.1. The smallest absolute Gasteiger partial charge is 0.339 e. The second-order valence-electron chi connectivity index (χ2n) is 5.73. The van der Waals surface area contributed by atoms with E-state index in [1.54, 1.807) is 30.3 Å². The predicted molar refractivity (Wildman–Crippen MR) is 105 cm³/mol.